The second kappa shape index (κ2) is 4.64. The summed E-state index contributed by atoms with van der Waals surface area (Å²) in [6, 6.07) is 5.54. The van der Waals surface area contributed by atoms with Crippen molar-refractivity contribution in [2.24, 2.45) is 0 Å². The van der Waals surface area contributed by atoms with E-state index in [9.17, 15) is 0 Å². The molecule has 0 unspecified atom stereocenters. The van der Waals surface area contributed by atoms with Gasteiger partial charge < -0.3 is 0 Å². The van der Waals surface area contributed by atoms with E-state index in [-0.39, 0.29) is 0 Å². The molecule has 0 fully saturated rings. The molecule has 0 aliphatic rings. The maximum Gasteiger partial charge on any atom is 0.149 e. The van der Waals surface area contributed by atoms with Gasteiger partial charge in [-0.2, -0.15) is 0 Å². The van der Waals surface area contributed by atoms with Crippen molar-refractivity contribution in [1.82, 2.24) is 14.6 Å². The maximum absolute atomic E-state index is 5.16. The zero-order chi connectivity index (χ0) is 9.64. The van der Waals surface area contributed by atoms with Gasteiger partial charge in [-0.3, -0.25) is 4.84 Å². The highest BCUT2D eigenvalue weighted by Gasteiger charge is 1.96. The van der Waals surface area contributed by atoms with Gasteiger partial charge in [-0.15, -0.1) is 5.10 Å². The number of rotatable bonds is 4. The van der Waals surface area contributed by atoms with Crippen LogP contribution in [0.3, 0.4) is 0 Å². The van der Waals surface area contributed by atoms with Gasteiger partial charge in [0.05, 0.1) is 0 Å². The Labute approximate surface area is 84.9 Å². The van der Waals surface area contributed by atoms with E-state index in [1.54, 1.807) is 6.20 Å². The molecule has 6 heteroatoms. The van der Waals surface area contributed by atoms with E-state index in [0.717, 1.165) is 5.69 Å². The second-order valence-corrected chi connectivity index (χ2v) is 3.11. The molecule has 0 radical (unpaired) electrons. The van der Waals surface area contributed by atoms with Gasteiger partial charge in [-0.25, -0.2) is 10.5 Å². The van der Waals surface area contributed by atoms with Crippen LogP contribution in [0.1, 0.15) is 5.69 Å². The Kier molecular flexibility index (Phi) is 2.99. The average Bonchev–Trinajstić information content (AvgIpc) is 2.72. The van der Waals surface area contributed by atoms with E-state index >= 15 is 0 Å². The summed E-state index contributed by atoms with van der Waals surface area (Å²) in [6.45, 7) is 0.382. The quantitative estimate of drug-likeness (QED) is 0.771. The van der Waals surface area contributed by atoms with Gasteiger partial charge in [0, 0.05) is 11.6 Å². The lowest BCUT2D eigenvalue weighted by Crippen LogP contribution is -2.02. The number of hydrogen-bond donors (Lipinski definition) is 1. The lowest BCUT2D eigenvalue weighted by Gasteiger charge is -2.02. The number of nitrogens with zero attached hydrogens (tertiary/aromatic N) is 3. The summed E-state index contributed by atoms with van der Waals surface area (Å²) in [7, 11) is 0. The van der Waals surface area contributed by atoms with Crippen LogP contribution in [0.2, 0.25) is 0 Å². The first-order valence-electron chi connectivity index (χ1n) is 4.00. The molecule has 2 heterocycles. The van der Waals surface area contributed by atoms with Crippen LogP contribution in [0.25, 0.3) is 0 Å². The van der Waals surface area contributed by atoms with E-state index in [1.165, 1.54) is 11.5 Å². The third-order valence-electron chi connectivity index (χ3n) is 1.47. The Morgan fingerprint density at radius 2 is 2.43 bits per heavy atom. The normalized spacial score (nSPS) is 10.0. The van der Waals surface area contributed by atoms with Gasteiger partial charge in [0.15, 0.2) is 0 Å². The Hall–Kier alpha value is -1.53. The SMILES string of the molecule is c1ccc(NOCc2csnn2)nc1. The minimum atomic E-state index is 0.382. The third kappa shape index (κ3) is 2.48. The summed E-state index contributed by atoms with van der Waals surface area (Å²) in [4.78, 5) is 9.18. The van der Waals surface area contributed by atoms with Gasteiger partial charge >= 0.3 is 0 Å². The predicted octanol–water partition coefficient (Wildman–Crippen LogP) is 1.48. The molecule has 72 valence electrons. The van der Waals surface area contributed by atoms with Gasteiger partial charge in [-0.05, 0) is 23.7 Å². The van der Waals surface area contributed by atoms with Gasteiger partial charge in [0.25, 0.3) is 0 Å². The molecule has 5 nitrogen and oxygen atoms in total. The minimum absolute atomic E-state index is 0.382. The van der Waals surface area contributed by atoms with Gasteiger partial charge in [0.2, 0.25) is 0 Å². The molecule has 2 rings (SSSR count). The molecule has 0 spiro atoms. The molecule has 2 aromatic heterocycles. The number of anilines is 1. The third-order valence-corrected chi connectivity index (χ3v) is 2.02. The van der Waals surface area contributed by atoms with E-state index < -0.39 is 0 Å². The lowest BCUT2D eigenvalue weighted by atomic mass is 10.5. The number of aromatic nitrogens is 3. The molecule has 0 bridgehead atoms. The first-order valence-corrected chi connectivity index (χ1v) is 4.83. The van der Waals surface area contributed by atoms with E-state index in [2.05, 4.69) is 20.1 Å². The molecular formula is C8H8N4OS. The fourth-order valence-corrected chi connectivity index (χ4v) is 1.29. The van der Waals surface area contributed by atoms with Crippen LogP contribution in [0.4, 0.5) is 5.82 Å². The summed E-state index contributed by atoms with van der Waals surface area (Å²) in [5.41, 5.74) is 3.51. The van der Waals surface area contributed by atoms with Gasteiger partial charge in [0.1, 0.15) is 18.1 Å². The van der Waals surface area contributed by atoms with Gasteiger partial charge in [-0.1, -0.05) is 10.6 Å². The van der Waals surface area contributed by atoms with Crippen molar-refractivity contribution in [3.8, 4) is 0 Å². The zero-order valence-corrected chi connectivity index (χ0v) is 8.07. The molecule has 0 saturated heterocycles. The molecule has 0 amide bonds. The van der Waals surface area contributed by atoms with Crippen LogP contribution in [0, 0.1) is 0 Å². The Bertz CT molecular complexity index is 364. The van der Waals surface area contributed by atoms with Crippen LogP contribution in [-0.4, -0.2) is 14.6 Å². The van der Waals surface area contributed by atoms with E-state index in [4.69, 9.17) is 4.84 Å². The summed E-state index contributed by atoms with van der Waals surface area (Å²) in [5, 5.41) is 5.66. The largest absolute Gasteiger partial charge is 0.268 e. The Morgan fingerprint density at radius 1 is 1.43 bits per heavy atom. The minimum Gasteiger partial charge on any atom is -0.268 e. The summed E-state index contributed by atoms with van der Waals surface area (Å²) < 4.78 is 3.72. The highest BCUT2D eigenvalue weighted by molar-refractivity contribution is 7.03. The van der Waals surface area contributed by atoms with Crippen LogP contribution in [-0.2, 0) is 11.4 Å². The second-order valence-electron chi connectivity index (χ2n) is 2.50. The van der Waals surface area contributed by atoms with E-state index in [0.29, 0.717) is 12.4 Å². The van der Waals surface area contributed by atoms with Crippen molar-refractivity contribution in [2.45, 2.75) is 6.61 Å². The zero-order valence-electron chi connectivity index (χ0n) is 7.25. The highest BCUT2D eigenvalue weighted by atomic mass is 32.1. The summed E-state index contributed by atoms with van der Waals surface area (Å²) in [6.07, 6.45) is 1.69. The number of pyridine rings is 1. The number of nitrogens with one attached hydrogen (secondary N) is 1. The van der Waals surface area contributed by atoms with E-state index in [1.807, 2.05) is 23.6 Å². The van der Waals surface area contributed by atoms with Crippen LogP contribution in [0.5, 0.6) is 0 Å². The fourth-order valence-electron chi connectivity index (χ4n) is 0.854. The smallest absolute Gasteiger partial charge is 0.149 e. The molecule has 0 aliphatic heterocycles. The topological polar surface area (TPSA) is 59.9 Å². The predicted molar refractivity (Wildman–Crippen MR) is 52.6 cm³/mol. The molecule has 0 saturated carbocycles. The Morgan fingerprint density at radius 3 is 3.14 bits per heavy atom. The molecule has 1 N–H and O–H groups in total. The van der Waals surface area contributed by atoms with Crippen molar-refractivity contribution in [2.75, 3.05) is 5.48 Å². The molecule has 0 aromatic carbocycles. The molecule has 0 aliphatic carbocycles. The number of hydrogen-bond acceptors (Lipinski definition) is 6. The Balaban J connectivity index is 1.79. The molecule has 0 atom stereocenters. The fraction of sp³-hybridized carbons (Fsp3) is 0.125. The molecule has 14 heavy (non-hydrogen) atoms. The van der Waals surface area contributed by atoms with Crippen molar-refractivity contribution >= 4 is 17.4 Å². The summed E-state index contributed by atoms with van der Waals surface area (Å²) in [5.74, 6) is 0.677. The summed E-state index contributed by atoms with van der Waals surface area (Å²) >= 11 is 1.30. The standard InChI is InChI=1S/C8H8N4OS/c1-2-4-9-8(3-1)11-13-5-7-6-14-12-10-7/h1-4,6H,5H2,(H,9,11). The van der Waals surface area contributed by atoms with Crippen molar-refractivity contribution in [3.05, 3.63) is 35.5 Å². The maximum atomic E-state index is 5.16. The lowest BCUT2D eigenvalue weighted by molar-refractivity contribution is 0.175. The van der Waals surface area contributed by atoms with Crippen molar-refractivity contribution in [3.63, 3.8) is 0 Å². The first kappa shape index (κ1) is 9.04. The first-order chi connectivity index (χ1) is 6.95. The average molecular weight is 208 g/mol. The monoisotopic (exact) mass is 208 g/mol. The van der Waals surface area contributed by atoms with Crippen LogP contribution < -0.4 is 5.48 Å². The molecular weight excluding hydrogens is 200 g/mol. The molecule has 2 aromatic rings. The van der Waals surface area contributed by atoms with Crippen LogP contribution in [0.15, 0.2) is 29.8 Å². The highest BCUT2D eigenvalue weighted by Crippen LogP contribution is 2.02. The van der Waals surface area contributed by atoms with Crippen LogP contribution >= 0.6 is 11.5 Å². The van der Waals surface area contributed by atoms with Crippen molar-refractivity contribution in [1.29, 1.82) is 0 Å². The van der Waals surface area contributed by atoms with Crippen molar-refractivity contribution < 1.29 is 4.84 Å².